The van der Waals surface area contributed by atoms with Crippen LogP contribution in [0.4, 0.5) is 18.9 Å². The van der Waals surface area contributed by atoms with Gasteiger partial charge in [0.15, 0.2) is 0 Å². The van der Waals surface area contributed by atoms with E-state index in [0.717, 1.165) is 6.07 Å². The average Bonchev–Trinajstić information content (AvgIpc) is 2.39. The molecule has 0 radical (unpaired) electrons. The van der Waals surface area contributed by atoms with Crippen molar-refractivity contribution in [1.29, 1.82) is 5.26 Å². The molecule has 0 saturated heterocycles. The van der Waals surface area contributed by atoms with Crippen LogP contribution in [0.25, 0.3) is 0 Å². The molecule has 0 heterocycles. The highest BCUT2D eigenvalue weighted by molar-refractivity contribution is 9.10. The number of nitrogens with zero attached hydrogens (tertiary/aromatic N) is 1. The Bertz CT molecular complexity index is 723. The normalized spacial score (nSPS) is 11.0. The van der Waals surface area contributed by atoms with Crippen molar-refractivity contribution in [3.63, 3.8) is 0 Å². The third kappa shape index (κ3) is 3.47. The predicted molar refractivity (Wildman–Crippen MR) is 74.8 cm³/mol. The van der Waals surface area contributed by atoms with E-state index in [2.05, 4.69) is 15.9 Å². The molecule has 108 valence electrons. The van der Waals surface area contributed by atoms with Crippen molar-refractivity contribution in [3.8, 4) is 17.6 Å². The molecule has 0 aliphatic heterocycles. The second-order valence-corrected chi connectivity index (χ2v) is 5.02. The van der Waals surface area contributed by atoms with Gasteiger partial charge in [-0.3, -0.25) is 0 Å². The van der Waals surface area contributed by atoms with Crippen LogP contribution in [0.5, 0.6) is 11.5 Å². The lowest BCUT2D eigenvalue weighted by molar-refractivity contribution is -0.138. The van der Waals surface area contributed by atoms with E-state index in [1.54, 1.807) is 0 Å². The molecule has 2 aromatic rings. The topological polar surface area (TPSA) is 59.0 Å². The summed E-state index contributed by atoms with van der Waals surface area (Å²) in [5.74, 6) is -0.381. The monoisotopic (exact) mass is 356 g/mol. The van der Waals surface area contributed by atoms with Crippen molar-refractivity contribution in [2.45, 2.75) is 6.18 Å². The molecule has 0 fully saturated rings. The molecule has 2 N–H and O–H groups in total. The first-order valence-corrected chi connectivity index (χ1v) is 6.45. The molecule has 7 heteroatoms. The first kappa shape index (κ1) is 15.2. The van der Waals surface area contributed by atoms with E-state index in [-0.39, 0.29) is 11.3 Å². The van der Waals surface area contributed by atoms with Crippen LogP contribution in [0.3, 0.4) is 0 Å². The standard InChI is InChI=1S/C14H8BrF3N2O/c15-9-1-3-11(14(16,17)18)13(6-9)21-12-4-2-10(20)5-8(12)7-19/h1-6H,20H2. The zero-order valence-electron chi connectivity index (χ0n) is 10.4. The quantitative estimate of drug-likeness (QED) is 0.792. The number of ether oxygens (including phenoxy) is 1. The number of alkyl halides is 3. The van der Waals surface area contributed by atoms with Crippen LogP contribution in [-0.4, -0.2) is 0 Å². The molecule has 0 aromatic heterocycles. The van der Waals surface area contributed by atoms with E-state index in [1.807, 2.05) is 6.07 Å². The van der Waals surface area contributed by atoms with Gasteiger partial charge in [0.2, 0.25) is 0 Å². The van der Waals surface area contributed by atoms with Gasteiger partial charge in [0.25, 0.3) is 0 Å². The van der Waals surface area contributed by atoms with Crippen molar-refractivity contribution < 1.29 is 17.9 Å². The minimum atomic E-state index is -4.56. The lowest BCUT2D eigenvalue weighted by Crippen LogP contribution is -2.07. The fraction of sp³-hybridized carbons (Fsp3) is 0.0714. The number of benzene rings is 2. The molecule has 21 heavy (non-hydrogen) atoms. The van der Waals surface area contributed by atoms with E-state index in [1.165, 1.54) is 30.3 Å². The summed E-state index contributed by atoms with van der Waals surface area (Å²) in [6.45, 7) is 0. The van der Waals surface area contributed by atoms with Gasteiger partial charge in [0, 0.05) is 10.2 Å². The van der Waals surface area contributed by atoms with Gasteiger partial charge in [-0.1, -0.05) is 15.9 Å². The SMILES string of the molecule is N#Cc1cc(N)ccc1Oc1cc(Br)ccc1C(F)(F)F. The second kappa shape index (κ2) is 5.66. The van der Waals surface area contributed by atoms with Crippen LogP contribution < -0.4 is 10.5 Å². The number of rotatable bonds is 2. The van der Waals surface area contributed by atoms with Gasteiger partial charge < -0.3 is 10.5 Å². The highest BCUT2D eigenvalue weighted by Gasteiger charge is 2.34. The van der Waals surface area contributed by atoms with E-state index < -0.39 is 17.5 Å². The van der Waals surface area contributed by atoms with Crippen LogP contribution in [0, 0.1) is 11.3 Å². The lowest BCUT2D eigenvalue weighted by Gasteiger charge is -2.15. The number of nitrogen functional groups attached to an aromatic ring is 1. The molecule has 0 atom stereocenters. The van der Waals surface area contributed by atoms with E-state index in [0.29, 0.717) is 10.2 Å². The van der Waals surface area contributed by atoms with Gasteiger partial charge in [0.05, 0.1) is 11.1 Å². The summed E-state index contributed by atoms with van der Waals surface area (Å²) < 4.78 is 44.5. The van der Waals surface area contributed by atoms with Gasteiger partial charge >= 0.3 is 6.18 Å². The first-order chi connectivity index (χ1) is 9.81. The fourth-order valence-corrected chi connectivity index (χ4v) is 2.00. The number of hydrogen-bond donors (Lipinski definition) is 1. The molecule has 2 rings (SSSR count). The zero-order valence-corrected chi connectivity index (χ0v) is 12.0. The number of nitrogens with two attached hydrogens (primary N) is 1. The second-order valence-electron chi connectivity index (χ2n) is 4.11. The summed E-state index contributed by atoms with van der Waals surface area (Å²) >= 11 is 3.09. The number of halogens is 4. The maximum absolute atomic E-state index is 12.9. The highest BCUT2D eigenvalue weighted by atomic mass is 79.9. The van der Waals surface area contributed by atoms with E-state index in [4.69, 9.17) is 15.7 Å². The fourth-order valence-electron chi connectivity index (χ4n) is 1.66. The smallest absolute Gasteiger partial charge is 0.419 e. The van der Waals surface area contributed by atoms with Crippen LogP contribution in [0.1, 0.15) is 11.1 Å². The number of nitriles is 1. The summed E-state index contributed by atoms with van der Waals surface area (Å²) in [4.78, 5) is 0. The molecule has 0 saturated carbocycles. The van der Waals surface area contributed by atoms with Crippen molar-refractivity contribution in [3.05, 3.63) is 52.0 Å². The molecule has 0 aliphatic carbocycles. The Balaban J connectivity index is 2.50. The molecule has 0 amide bonds. The van der Waals surface area contributed by atoms with Crippen LogP contribution in [0.15, 0.2) is 40.9 Å². The summed E-state index contributed by atoms with van der Waals surface area (Å²) in [7, 11) is 0. The number of hydrogen-bond acceptors (Lipinski definition) is 3. The largest absolute Gasteiger partial charge is 0.455 e. The molecule has 0 unspecified atom stereocenters. The molecule has 2 aromatic carbocycles. The Morgan fingerprint density at radius 1 is 1.10 bits per heavy atom. The minimum Gasteiger partial charge on any atom is -0.455 e. The Labute approximate surface area is 126 Å². The summed E-state index contributed by atoms with van der Waals surface area (Å²) in [5, 5.41) is 8.99. The Kier molecular flexibility index (Phi) is 4.09. The van der Waals surface area contributed by atoms with Crippen molar-refractivity contribution in [1.82, 2.24) is 0 Å². The van der Waals surface area contributed by atoms with Gasteiger partial charge in [-0.15, -0.1) is 0 Å². The van der Waals surface area contributed by atoms with E-state index in [9.17, 15) is 13.2 Å². The highest BCUT2D eigenvalue weighted by Crippen LogP contribution is 2.40. The van der Waals surface area contributed by atoms with Gasteiger partial charge in [-0.25, -0.2) is 0 Å². The Morgan fingerprint density at radius 3 is 2.43 bits per heavy atom. The van der Waals surface area contributed by atoms with Crippen LogP contribution >= 0.6 is 15.9 Å². The first-order valence-electron chi connectivity index (χ1n) is 5.65. The average molecular weight is 357 g/mol. The van der Waals surface area contributed by atoms with Crippen molar-refractivity contribution >= 4 is 21.6 Å². The molecule has 0 bridgehead atoms. The molecule has 0 spiro atoms. The third-order valence-corrected chi connectivity index (χ3v) is 3.09. The van der Waals surface area contributed by atoms with Crippen molar-refractivity contribution in [2.24, 2.45) is 0 Å². The molecule has 0 aliphatic rings. The maximum Gasteiger partial charge on any atom is 0.419 e. The molecular weight excluding hydrogens is 349 g/mol. The Hall–Kier alpha value is -2.20. The number of anilines is 1. The maximum atomic E-state index is 12.9. The summed E-state index contributed by atoms with van der Waals surface area (Å²) in [6, 6.07) is 9.34. The minimum absolute atomic E-state index is 0.00954. The third-order valence-electron chi connectivity index (χ3n) is 2.59. The van der Waals surface area contributed by atoms with Gasteiger partial charge in [-0.2, -0.15) is 18.4 Å². The molecular formula is C14H8BrF3N2O. The summed E-state index contributed by atoms with van der Waals surface area (Å²) in [6.07, 6.45) is -4.56. The molecule has 3 nitrogen and oxygen atoms in total. The van der Waals surface area contributed by atoms with Gasteiger partial charge in [-0.05, 0) is 36.4 Å². The van der Waals surface area contributed by atoms with Gasteiger partial charge in [0.1, 0.15) is 17.6 Å². The van der Waals surface area contributed by atoms with Crippen LogP contribution in [-0.2, 0) is 6.18 Å². The predicted octanol–water partition coefficient (Wildman–Crippen LogP) is 4.71. The zero-order chi connectivity index (χ0) is 15.6. The van der Waals surface area contributed by atoms with E-state index >= 15 is 0 Å². The Morgan fingerprint density at radius 2 is 1.81 bits per heavy atom. The van der Waals surface area contributed by atoms with Crippen LogP contribution in [0.2, 0.25) is 0 Å². The lowest BCUT2D eigenvalue weighted by atomic mass is 10.1. The summed E-state index contributed by atoms with van der Waals surface area (Å²) in [5.41, 5.74) is 4.98. The van der Waals surface area contributed by atoms with Crippen molar-refractivity contribution in [2.75, 3.05) is 5.73 Å².